The summed E-state index contributed by atoms with van der Waals surface area (Å²) in [7, 11) is 2.04. The third-order valence-electron chi connectivity index (χ3n) is 2.90. The molecule has 0 spiro atoms. The SMILES string of the molecule is C=Cc1c(/C=C(\C)C(C)(C)C)ccn1C. The lowest BCUT2D eigenvalue weighted by Gasteiger charge is -2.19. The van der Waals surface area contributed by atoms with Crippen molar-refractivity contribution in [2.24, 2.45) is 12.5 Å². The highest BCUT2D eigenvalue weighted by Crippen LogP contribution is 2.27. The van der Waals surface area contributed by atoms with Gasteiger partial charge < -0.3 is 4.57 Å². The molecule has 0 fully saturated rings. The van der Waals surface area contributed by atoms with Crippen LogP contribution < -0.4 is 0 Å². The highest BCUT2D eigenvalue weighted by Gasteiger charge is 2.13. The van der Waals surface area contributed by atoms with E-state index >= 15 is 0 Å². The van der Waals surface area contributed by atoms with Crippen molar-refractivity contribution in [2.75, 3.05) is 0 Å². The number of aryl methyl sites for hydroxylation is 1. The van der Waals surface area contributed by atoms with Crippen LogP contribution in [-0.4, -0.2) is 4.57 Å². The van der Waals surface area contributed by atoms with E-state index in [0.717, 1.165) is 0 Å². The van der Waals surface area contributed by atoms with Gasteiger partial charge in [0.05, 0.1) is 0 Å². The van der Waals surface area contributed by atoms with Crippen molar-refractivity contribution in [2.45, 2.75) is 27.7 Å². The molecule has 1 aromatic rings. The Balaban J connectivity index is 3.14. The minimum atomic E-state index is 0.230. The van der Waals surface area contributed by atoms with Gasteiger partial charge in [-0.3, -0.25) is 0 Å². The summed E-state index contributed by atoms with van der Waals surface area (Å²) < 4.78 is 2.09. The molecule has 0 aromatic carbocycles. The van der Waals surface area contributed by atoms with E-state index in [9.17, 15) is 0 Å². The molecule has 1 nitrogen and oxygen atoms in total. The van der Waals surface area contributed by atoms with E-state index < -0.39 is 0 Å². The van der Waals surface area contributed by atoms with Crippen LogP contribution in [-0.2, 0) is 7.05 Å². The van der Waals surface area contributed by atoms with Gasteiger partial charge in [0.1, 0.15) is 0 Å². The number of allylic oxidation sites excluding steroid dienone is 1. The third kappa shape index (κ3) is 2.62. The summed E-state index contributed by atoms with van der Waals surface area (Å²) in [6, 6.07) is 2.13. The fraction of sp³-hybridized carbons (Fsp3) is 0.429. The van der Waals surface area contributed by atoms with Gasteiger partial charge in [0, 0.05) is 18.9 Å². The van der Waals surface area contributed by atoms with E-state index in [0.29, 0.717) is 0 Å². The molecule has 15 heavy (non-hydrogen) atoms. The summed E-state index contributed by atoms with van der Waals surface area (Å²) in [6.45, 7) is 12.7. The molecule has 0 amide bonds. The van der Waals surface area contributed by atoms with Crippen molar-refractivity contribution < 1.29 is 0 Å². The van der Waals surface area contributed by atoms with Crippen molar-refractivity contribution >= 4 is 12.2 Å². The molecule has 1 heteroatoms. The van der Waals surface area contributed by atoms with Crippen LogP contribution in [0.1, 0.15) is 39.0 Å². The lowest BCUT2D eigenvalue weighted by molar-refractivity contribution is 0.508. The molecular formula is C14H21N. The first kappa shape index (κ1) is 11.8. The van der Waals surface area contributed by atoms with Gasteiger partial charge in [0.25, 0.3) is 0 Å². The Hall–Kier alpha value is -1.24. The number of nitrogens with zero attached hydrogens (tertiary/aromatic N) is 1. The second-order valence-corrected chi connectivity index (χ2v) is 5.05. The first-order valence-corrected chi connectivity index (χ1v) is 5.33. The van der Waals surface area contributed by atoms with Crippen LogP contribution in [0.25, 0.3) is 12.2 Å². The van der Waals surface area contributed by atoms with Crippen molar-refractivity contribution in [3.63, 3.8) is 0 Å². The van der Waals surface area contributed by atoms with Crippen LogP contribution in [0, 0.1) is 5.41 Å². The average molecular weight is 203 g/mol. The van der Waals surface area contributed by atoms with Crippen LogP contribution in [0.15, 0.2) is 24.4 Å². The lowest BCUT2D eigenvalue weighted by atomic mass is 9.86. The first-order chi connectivity index (χ1) is 6.86. The van der Waals surface area contributed by atoms with Gasteiger partial charge in [0.15, 0.2) is 0 Å². The quantitative estimate of drug-likeness (QED) is 0.681. The minimum Gasteiger partial charge on any atom is -0.351 e. The van der Waals surface area contributed by atoms with E-state index in [-0.39, 0.29) is 5.41 Å². The number of rotatable bonds is 2. The van der Waals surface area contributed by atoms with Crippen molar-refractivity contribution in [1.82, 2.24) is 4.57 Å². The number of hydrogen-bond donors (Lipinski definition) is 0. The summed E-state index contributed by atoms with van der Waals surface area (Å²) in [6.07, 6.45) is 6.22. The van der Waals surface area contributed by atoms with Crippen LogP contribution in [0.2, 0.25) is 0 Å². The average Bonchev–Trinajstić information content (AvgIpc) is 2.45. The molecule has 0 aliphatic carbocycles. The maximum Gasteiger partial charge on any atom is 0.0471 e. The van der Waals surface area contributed by atoms with Gasteiger partial charge in [0.2, 0.25) is 0 Å². The molecule has 0 unspecified atom stereocenters. The summed E-state index contributed by atoms with van der Waals surface area (Å²) in [5, 5.41) is 0. The van der Waals surface area contributed by atoms with Gasteiger partial charge in [-0.15, -0.1) is 0 Å². The molecule has 0 aliphatic rings. The fourth-order valence-corrected chi connectivity index (χ4v) is 1.40. The van der Waals surface area contributed by atoms with Gasteiger partial charge >= 0.3 is 0 Å². The second kappa shape index (κ2) is 4.09. The van der Waals surface area contributed by atoms with Gasteiger partial charge in [-0.25, -0.2) is 0 Å². The highest BCUT2D eigenvalue weighted by molar-refractivity contribution is 5.64. The summed E-state index contributed by atoms with van der Waals surface area (Å²) in [4.78, 5) is 0. The topological polar surface area (TPSA) is 4.93 Å². The van der Waals surface area contributed by atoms with E-state index in [1.54, 1.807) is 0 Å². The maximum atomic E-state index is 3.84. The zero-order valence-electron chi connectivity index (χ0n) is 10.5. The van der Waals surface area contributed by atoms with Crippen molar-refractivity contribution in [1.29, 1.82) is 0 Å². The van der Waals surface area contributed by atoms with Crippen LogP contribution in [0.5, 0.6) is 0 Å². The fourth-order valence-electron chi connectivity index (χ4n) is 1.40. The zero-order chi connectivity index (χ0) is 11.6. The molecule has 1 rings (SSSR count). The van der Waals surface area contributed by atoms with Crippen molar-refractivity contribution in [3.05, 3.63) is 35.7 Å². The first-order valence-electron chi connectivity index (χ1n) is 5.33. The Morgan fingerprint density at radius 2 is 2.00 bits per heavy atom. The van der Waals surface area contributed by atoms with Crippen LogP contribution in [0.3, 0.4) is 0 Å². The van der Waals surface area contributed by atoms with Gasteiger partial charge in [-0.05, 0) is 30.0 Å². The molecule has 0 saturated carbocycles. The number of aromatic nitrogens is 1. The zero-order valence-corrected chi connectivity index (χ0v) is 10.5. The standard InChI is InChI=1S/C14H21N/c1-7-13-12(8-9-15(13)6)10-11(2)14(3,4)5/h7-10H,1H2,2-6H3/b11-10+. The predicted octanol–water partition coefficient (Wildman–Crippen LogP) is 4.12. The monoisotopic (exact) mass is 203 g/mol. The molecule has 0 bridgehead atoms. The largest absolute Gasteiger partial charge is 0.351 e. The molecule has 0 aliphatic heterocycles. The Morgan fingerprint density at radius 1 is 1.40 bits per heavy atom. The Kier molecular flexibility index (Phi) is 3.23. The van der Waals surface area contributed by atoms with E-state index in [2.05, 4.69) is 57.2 Å². The van der Waals surface area contributed by atoms with Crippen molar-refractivity contribution in [3.8, 4) is 0 Å². The summed E-state index contributed by atoms with van der Waals surface area (Å²) in [5.41, 5.74) is 4.05. The van der Waals surface area contributed by atoms with Gasteiger partial charge in [-0.1, -0.05) is 39.0 Å². The molecular weight excluding hydrogens is 182 g/mol. The second-order valence-electron chi connectivity index (χ2n) is 5.05. The normalized spacial score (nSPS) is 13.0. The molecule has 82 valence electrons. The Labute approximate surface area is 93.1 Å². The van der Waals surface area contributed by atoms with E-state index in [4.69, 9.17) is 0 Å². The summed E-state index contributed by atoms with van der Waals surface area (Å²) in [5.74, 6) is 0. The molecule has 1 aromatic heterocycles. The van der Waals surface area contributed by atoms with Gasteiger partial charge in [-0.2, -0.15) is 0 Å². The maximum absolute atomic E-state index is 3.84. The molecule has 0 radical (unpaired) electrons. The van der Waals surface area contributed by atoms with E-state index in [1.807, 2.05) is 13.1 Å². The number of hydrogen-bond acceptors (Lipinski definition) is 0. The van der Waals surface area contributed by atoms with E-state index in [1.165, 1.54) is 16.8 Å². The van der Waals surface area contributed by atoms with Crippen LogP contribution >= 0.6 is 0 Å². The summed E-state index contributed by atoms with van der Waals surface area (Å²) >= 11 is 0. The molecule has 0 atom stereocenters. The Morgan fingerprint density at radius 3 is 2.47 bits per heavy atom. The highest BCUT2D eigenvalue weighted by atomic mass is 14.9. The predicted molar refractivity (Wildman–Crippen MR) is 68.6 cm³/mol. The molecule has 0 saturated heterocycles. The third-order valence-corrected chi connectivity index (χ3v) is 2.90. The molecule has 1 heterocycles. The Bertz CT molecular complexity index is 386. The lowest BCUT2D eigenvalue weighted by Crippen LogP contribution is -2.06. The minimum absolute atomic E-state index is 0.230. The molecule has 0 N–H and O–H groups in total. The van der Waals surface area contributed by atoms with Crippen LogP contribution in [0.4, 0.5) is 0 Å². The smallest absolute Gasteiger partial charge is 0.0471 e.